The van der Waals surface area contributed by atoms with E-state index in [0.29, 0.717) is 30.7 Å². The van der Waals surface area contributed by atoms with Crippen molar-refractivity contribution in [3.63, 3.8) is 0 Å². The number of carbonyl (C=O) groups excluding carboxylic acids is 2. The predicted octanol–water partition coefficient (Wildman–Crippen LogP) is 2.17. The zero-order chi connectivity index (χ0) is 17.1. The number of nitrogens with zero attached hydrogens (tertiary/aromatic N) is 1. The zero-order valence-corrected chi connectivity index (χ0v) is 13.9. The molecule has 1 fully saturated rings. The summed E-state index contributed by atoms with van der Waals surface area (Å²) >= 11 is 0. The van der Waals surface area contributed by atoms with Crippen LogP contribution in [0.1, 0.15) is 30.9 Å². The fourth-order valence-electron chi connectivity index (χ4n) is 3.40. The topological polar surface area (TPSA) is 65.1 Å². The molecule has 0 aromatic heterocycles. The lowest BCUT2D eigenvalue weighted by molar-refractivity contribution is -0.140. The van der Waals surface area contributed by atoms with Gasteiger partial charge in [-0.3, -0.25) is 4.79 Å². The smallest absolute Gasteiger partial charge is 0.335 e. The molecule has 0 unspecified atom stereocenters. The fourth-order valence-corrected chi connectivity index (χ4v) is 3.40. The van der Waals surface area contributed by atoms with E-state index in [-0.39, 0.29) is 24.7 Å². The van der Waals surface area contributed by atoms with E-state index in [2.05, 4.69) is 0 Å². The average molecular weight is 331 g/mol. The molecule has 0 saturated carbocycles. The highest BCUT2D eigenvalue weighted by Gasteiger charge is 2.42. The number of rotatable bonds is 4. The van der Waals surface area contributed by atoms with Crippen molar-refractivity contribution < 1.29 is 23.8 Å². The highest BCUT2D eigenvalue weighted by atomic mass is 16.5. The first-order valence-corrected chi connectivity index (χ1v) is 7.97. The second-order valence-electron chi connectivity index (χ2n) is 5.83. The molecule has 6 nitrogen and oxygen atoms in total. The first kappa shape index (κ1) is 16.5. The number of fused-ring (bicyclic) bond motifs is 1. The van der Waals surface area contributed by atoms with E-state index in [1.54, 1.807) is 0 Å². The van der Waals surface area contributed by atoms with Gasteiger partial charge in [-0.05, 0) is 18.4 Å². The quantitative estimate of drug-likeness (QED) is 0.788. The van der Waals surface area contributed by atoms with Crippen molar-refractivity contribution in [1.82, 2.24) is 4.90 Å². The molecule has 1 saturated heterocycles. The number of hydrogen-bond acceptors (Lipinski definition) is 6. The molecular formula is C18H21NO5. The van der Waals surface area contributed by atoms with Gasteiger partial charge in [-0.15, -0.1) is 0 Å². The lowest BCUT2D eigenvalue weighted by Crippen LogP contribution is -2.38. The largest absolute Gasteiger partial charge is 0.469 e. The van der Waals surface area contributed by atoms with E-state index in [9.17, 15) is 9.59 Å². The molecule has 2 atom stereocenters. The molecule has 3 rings (SSSR count). The summed E-state index contributed by atoms with van der Waals surface area (Å²) in [6.07, 6.45) is 1.12. The highest BCUT2D eigenvalue weighted by Crippen LogP contribution is 2.42. The van der Waals surface area contributed by atoms with Gasteiger partial charge in [0.1, 0.15) is 6.23 Å². The normalized spacial score (nSPS) is 23.0. The molecule has 2 aliphatic rings. The Hall–Kier alpha value is -2.34. The van der Waals surface area contributed by atoms with Gasteiger partial charge in [0, 0.05) is 5.70 Å². The lowest BCUT2D eigenvalue weighted by atomic mass is 9.96. The predicted molar refractivity (Wildman–Crippen MR) is 85.7 cm³/mol. The Labute approximate surface area is 141 Å². The third-order valence-corrected chi connectivity index (χ3v) is 4.55. The van der Waals surface area contributed by atoms with Crippen molar-refractivity contribution >= 4 is 11.9 Å². The number of ether oxygens (including phenoxy) is 3. The van der Waals surface area contributed by atoms with Crippen molar-refractivity contribution in [2.45, 2.75) is 31.5 Å². The Morgan fingerprint density at radius 2 is 1.96 bits per heavy atom. The zero-order valence-electron chi connectivity index (χ0n) is 13.9. The number of methoxy groups -OCH3 is 2. The molecule has 2 heterocycles. The van der Waals surface area contributed by atoms with Gasteiger partial charge in [-0.2, -0.15) is 0 Å². The van der Waals surface area contributed by atoms with Gasteiger partial charge in [0.25, 0.3) is 0 Å². The van der Waals surface area contributed by atoms with E-state index < -0.39 is 5.97 Å². The van der Waals surface area contributed by atoms with Crippen LogP contribution in [0.3, 0.4) is 0 Å². The monoisotopic (exact) mass is 331 g/mol. The Morgan fingerprint density at radius 1 is 1.21 bits per heavy atom. The molecule has 1 aromatic carbocycles. The summed E-state index contributed by atoms with van der Waals surface area (Å²) in [5.41, 5.74) is 2.27. The molecule has 0 bridgehead atoms. The van der Waals surface area contributed by atoms with Crippen molar-refractivity contribution in [1.29, 1.82) is 0 Å². The van der Waals surface area contributed by atoms with Crippen molar-refractivity contribution in [2.75, 3.05) is 20.8 Å². The molecular weight excluding hydrogens is 310 g/mol. The summed E-state index contributed by atoms with van der Waals surface area (Å²) in [4.78, 5) is 26.1. The van der Waals surface area contributed by atoms with Crippen molar-refractivity contribution in [2.24, 2.45) is 0 Å². The molecule has 0 radical (unpaired) electrons. The van der Waals surface area contributed by atoms with E-state index in [0.717, 1.165) is 5.56 Å². The first-order valence-electron chi connectivity index (χ1n) is 7.97. The molecule has 0 N–H and O–H groups in total. The molecule has 1 aromatic rings. The Bertz CT molecular complexity index is 655. The van der Waals surface area contributed by atoms with Crippen LogP contribution in [0, 0.1) is 0 Å². The maximum Gasteiger partial charge on any atom is 0.335 e. The maximum absolute atomic E-state index is 12.2. The Morgan fingerprint density at radius 3 is 2.62 bits per heavy atom. The number of hydrogen-bond donors (Lipinski definition) is 0. The minimum Gasteiger partial charge on any atom is -0.469 e. The molecule has 128 valence electrons. The third kappa shape index (κ3) is 3.01. The van der Waals surface area contributed by atoms with Gasteiger partial charge in [0.15, 0.2) is 0 Å². The van der Waals surface area contributed by atoms with Crippen LogP contribution >= 0.6 is 0 Å². The minimum atomic E-state index is -0.397. The van der Waals surface area contributed by atoms with Gasteiger partial charge in [-0.25, -0.2) is 4.79 Å². The average Bonchev–Trinajstić information content (AvgIpc) is 3.06. The second-order valence-corrected chi connectivity index (χ2v) is 5.83. The standard InChI is InChI=1S/C18H21NO5/c1-22-17(20)10-14-13(18(21)23-2)8-9-16-19(14)15(11-24-16)12-6-4-3-5-7-12/h3-7,15-16H,8-11H2,1-2H3/t15-,16+/m1/s1. The lowest BCUT2D eigenvalue weighted by Gasteiger charge is -2.37. The summed E-state index contributed by atoms with van der Waals surface area (Å²) in [6.45, 7) is 0.522. The van der Waals surface area contributed by atoms with Crippen LogP contribution in [0.2, 0.25) is 0 Å². The summed E-state index contributed by atoms with van der Waals surface area (Å²) < 4.78 is 15.6. The van der Waals surface area contributed by atoms with Crippen molar-refractivity contribution in [3.8, 4) is 0 Å². The van der Waals surface area contributed by atoms with Gasteiger partial charge in [-0.1, -0.05) is 30.3 Å². The summed E-state index contributed by atoms with van der Waals surface area (Å²) in [5.74, 6) is -0.781. The van der Waals surface area contributed by atoms with E-state index >= 15 is 0 Å². The van der Waals surface area contributed by atoms with Gasteiger partial charge >= 0.3 is 11.9 Å². The Kier molecular flexibility index (Phi) is 4.85. The summed E-state index contributed by atoms with van der Waals surface area (Å²) in [7, 11) is 2.70. The first-order chi connectivity index (χ1) is 11.7. The number of benzene rings is 1. The number of carbonyl (C=O) groups is 2. The molecule has 6 heteroatoms. The fraction of sp³-hybridized carbons (Fsp3) is 0.444. The molecule has 0 spiro atoms. The number of esters is 2. The van der Waals surface area contributed by atoms with Crippen molar-refractivity contribution in [3.05, 3.63) is 47.2 Å². The van der Waals surface area contributed by atoms with Crippen LogP contribution in [0.4, 0.5) is 0 Å². The third-order valence-electron chi connectivity index (χ3n) is 4.55. The molecule has 24 heavy (non-hydrogen) atoms. The SMILES string of the molecule is COC(=O)CC1=C(C(=O)OC)CC[C@@H]2OC[C@H](c3ccccc3)N12. The van der Waals surface area contributed by atoms with Gasteiger partial charge in [0.2, 0.25) is 0 Å². The molecule has 0 amide bonds. The van der Waals surface area contributed by atoms with Crippen LogP contribution in [0.15, 0.2) is 41.6 Å². The van der Waals surface area contributed by atoms with Crippen LogP contribution in [0.5, 0.6) is 0 Å². The van der Waals surface area contributed by atoms with E-state index in [4.69, 9.17) is 14.2 Å². The maximum atomic E-state index is 12.2. The second kappa shape index (κ2) is 7.05. The minimum absolute atomic E-state index is 0.0317. The molecule has 0 aliphatic carbocycles. The van der Waals surface area contributed by atoms with Crippen LogP contribution < -0.4 is 0 Å². The van der Waals surface area contributed by atoms with Crippen LogP contribution in [-0.2, 0) is 23.8 Å². The van der Waals surface area contributed by atoms with Crippen LogP contribution in [0.25, 0.3) is 0 Å². The molecule has 2 aliphatic heterocycles. The highest BCUT2D eigenvalue weighted by molar-refractivity contribution is 5.90. The summed E-state index contributed by atoms with van der Waals surface area (Å²) in [5, 5.41) is 0. The van der Waals surface area contributed by atoms with Gasteiger partial charge < -0.3 is 19.1 Å². The Balaban J connectivity index is 2.01. The van der Waals surface area contributed by atoms with E-state index in [1.807, 2.05) is 35.2 Å². The van der Waals surface area contributed by atoms with Crippen LogP contribution in [-0.4, -0.2) is 43.9 Å². The van der Waals surface area contributed by atoms with Gasteiger partial charge in [0.05, 0.1) is 38.9 Å². The summed E-state index contributed by atoms with van der Waals surface area (Å²) in [6, 6.07) is 9.92. The van der Waals surface area contributed by atoms with E-state index in [1.165, 1.54) is 14.2 Å².